The SMILES string of the molecule is NC1CC2CCC(C1)N2c1ncc(Br)cc1Br. The smallest absolute Gasteiger partial charge is 0.143 e. The lowest BCUT2D eigenvalue weighted by Crippen LogP contribution is -2.48. The van der Waals surface area contributed by atoms with Crippen molar-refractivity contribution in [1.29, 1.82) is 0 Å². The van der Waals surface area contributed by atoms with Crippen LogP contribution in [0.1, 0.15) is 25.7 Å². The van der Waals surface area contributed by atoms with Crippen LogP contribution in [0.15, 0.2) is 21.2 Å². The van der Waals surface area contributed by atoms with E-state index in [1.807, 2.05) is 6.20 Å². The Morgan fingerprint density at radius 1 is 1.24 bits per heavy atom. The average Bonchev–Trinajstić information content (AvgIpc) is 2.53. The molecule has 0 spiro atoms. The van der Waals surface area contributed by atoms with E-state index in [1.165, 1.54) is 12.8 Å². The normalized spacial score (nSPS) is 31.9. The van der Waals surface area contributed by atoms with E-state index in [0.717, 1.165) is 27.6 Å². The van der Waals surface area contributed by atoms with Crippen molar-refractivity contribution < 1.29 is 0 Å². The molecule has 2 aliphatic heterocycles. The molecule has 2 bridgehead atoms. The van der Waals surface area contributed by atoms with E-state index in [1.54, 1.807) is 0 Å². The Hall–Kier alpha value is -0.130. The van der Waals surface area contributed by atoms with Gasteiger partial charge in [-0.15, -0.1) is 0 Å². The van der Waals surface area contributed by atoms with E-state index in [2.05, 4.69) is 47.8 Å². The molecule has 3 heterocycles. The van der Waals surface area contributed by atoms with Gasteiger partial charge in [-0.1, -0.05) is 0 Å². The molecule has 17 heavy (non-hydrogen) atoms. The highest BCUT2D eigenvalue weighted by Gasteiger charge is 2.40. The summed E-state index contributed by atoms with van der Waals surface area (Å²) in [5.74, 6) is 1.08. The molecule has 0 saturated carbocycles. The second-order valence-electron chi connectivity index (χ2n) is 4.98. The van der Waals surface area contributed by atoms with Gasteiger partial charge in [-0.05, 0) is 63.6 Å². The Kier molecular flexibility index (Phi) is 3.17. The van der Waals surface area contributed by atoms with Crippen LogP contribution in [0.25, 0.3) is 0 Å². The van der Waals surface area contributed by atoms with Crippen molar-refractivity contribution in [2.75, 3.05) is 4.90 Å². The largest absolute Gasteiger partial charge is 0.350 e. The van der Waals surface area contributed by atoms with Crippen LogP contribution >= 0.6 is 31.9 Å². The molecule has 2 atom stereocenters. The number of nitrogens with two attached hydrogens (primary N) is 1. The third-order valence-corrected chi connectivity index (χ3v) is 4.82. The zero-order chi connectivity index (χ0) is 12.0. The lowest BCUT2D eigenvalue weighted by molar-refractivity contribution is 0.411. The third kappa shape index (κ3) is 2.13. The molecule has 5 heteroatoms. The number of aromatic nitrogens is 1. The molecule has 1 aromatic rings. The number of halogens is 2. The van der Waals surface area contributed by atoms with E-state index in [4.69, 9.17) is 5.73 Å². The van der Waals surface area contributed by atoms with Gasteiger partial charge in [-0.3, -0.25) is 0 Å². The molecule has 3 nitrogen and oxygen atoms in total. The number of nitrogens with zero attached hydrogens (tertiary/aromatic N) is 2. The number of pyridine rings is 1. The Balaban J connectivity index is 1.94. The molecule has 2 N–H and O–H groups in total. The van der Waals surface area contributed by atoms with Gasteiger partial charge in [0.05, 0.1) is 4.47 Å². The van der Waals surface area contributed by atoms with Crippen molar-refractivity contribution in [2.24, 2.45) is 5.73 Å². The minimum absolute atomic E-state index is 0.373. The number of anilines is 1. The number of piperidine rings is 1. The second-order valence-corrected chi connectivity index (χ2v) is 6.75. The third-order valence-electron chi connectivity index (χ3n) is 3.80. The highest BCUT2D eigenvalue weighted by molar-refractivity contribution is 9.11. The van der Waals surface area contributed by atoms with Crippen LogP contribution in [-0.2, 0) is 0 Å². The topological polar surface area (TPSA) is 42.1 Å². The van der Waals surface area contributed by atoms with Crippen molar-refractivity contribution >= 4 is 37.7 Å². The molecular weight excluding hydrogens is 346 g/mol. The maximum Gasteiger partial charge on any atom is 0.143 e. The molecule has 0 aromatic carbocycles. The summed E-state index contributed by atoms with van der Waals surface area (Å²) in [5, 5.41) is 0. The van der Waals surface area contributed by atoms with Crippen LogP contribution in [0.3, 0.4) is 0 Å². The zero-order valence-corrected chi connectivity index (χ0v) is 12.6. The average molecular weight is 361 g/mol. The molecule has 92 valence electrons. The maximum absolute atomic E-state index is 6.09. The summed E-state index contributed by atoms with van der Waals surface area (Å²) in [6, 6.07) is 3.59. The minimum Gasteiger partial charge on any atom is -0.350 e. The Morgan fingerprint density at radius 3 is 2.47 bits per heavy atom. The van der Waals surface area contributed by atoms with Gasteiger partial charge in [0.1, 0.15) is 5.82 Å². The van der Waals surface area contributed by atoms with Crippen molar-refractivity contribution in [1.82, 2.24) is 4.98 Å². The fraction of sp³-hybridized carbons (Fsp3) is 0.583. The fourth-order valence-corrected chi connectivity index (χ4v) is 4.35. The maximum atomic E-state index is 6.09. The molecule has 2 unspecified atom stereocenters. The first-order chi connectivity index (χ1) is 8.15. The van der Waals surface area contributed by atoms with E-state index in [9.17, 15) is 0 Å². The summed E-state index contributed by atoms with van der Waals surface area (Å²) < 4.78 is 2.08. The van der Waals surface area contributed by atoms with E-state index in [-0.39, 0.29) is 0 Å². The molecular formula is C12H15Br2N3. The van der Waals surface area contributed by atoms with Crippen LogP contribution in [0.5, 0.6) is 0 Å². The van der Waals surface area contributed by atoms with Crippen LogP contribution in [-0.4, -0.2) is 23.1 Å². The van der Waals surface area contributed by atoms with Crippen LogP contribution < -0.4 is 10.6 Å². The van der Waals surface area contributed by atoms with Gasteiger partial charge in [-0.2, -0.15) is 0 Å². The monoisotopic (exact) mass is 359 g/mol. The molecule has 0 radical (unpaired) electrons. The summed E-state index contributed by atoms with van der Waals surface area (Å²) >= 11 is 7.06. The summed E-state index contributed by atoms with van der Waals surface area (Å²) in [6.45, 7) is 0. The Morgan fingerprint density at radius 2 is 1.88 bits per heavy atom. The number of fused-ring (bicyclic) bond motifs is 2. The molecule has 0 aliphatic carbocycles. The molecule has 2 saturated heterocycles. The van der Waals surface area contributed by atoms with E-state index < -0.39 is 0 Å². The lowest BCUT2D eigenvalue weighted by atomic mass is 9.98. The molecule has 0 amide bonds. The zero-order valence-electron chi connectivity index (χ0n) is 9.44. The Labute approximate surface area is 118 Å². The molecule has 1 aromatic heterocycles. The minimum atomic E-state index is 0.373. The van der Waals surface area contributed by atoms with Gasteiger partial charge >= 0.3 is 0 Å². The van der Waals surface area contributed by atoms with Crippen LogP contribution in [0.2, 0.25) is 0 Å². The van der Waals surface area contributed by atoms with Gasteiger partial charge in [-0.25, -0.2) is 4.98 Å². The van der Waals surface area contributed by atoms with Crippen molar-refractivity contribution in [3.63, 3.8) is 0 Å². The predicted molar refractivity (Wildman–Crippen MR) is 76.1 cm³/mol. The quantitative estimate of drug-likeness (QED) is 0.836. The standard InChI is InChI=1S/C12H15Br2N3/c13-7-3-11(14)12(16-6-7)17-9-1-2-10(17)5-8(15)4-9/h3,6,8-10H,1-2,4-5,15H2. The van der Waals surface area contributed by atoms with E-state index >= 15 is 0 Å². The summed E-state index contributed by atoms with van der Waals surface area (Å²) in [4.78, 5) is 7.03. The highest BCUT2D eigenvalue weighted by Crippen LogP contribution is 2.40. The lowest BCUT2D eigenvalue weighted by Gasteiger charge is -2.39. The highest BCUT2D eigenvalue weighted by atomic mass is 79.9. The fourth-order valence-electron chi connectivity index (χ4n) is 3.16. The van der Waals surface area contributed by atoms with Crippen LogP contribution in [0.4, 0.5) is 5.82 Å². The number of hydrogen-bond acceptors (Lipinski definition) is 3. The van der Waals surface area contributed by atoms with Gasteiger partial charge in [0.15, 0.2) is 0 Å². The molecule has 2 fully saturated rings. The predicted octanol–water partition coefficient (Wildman–Crippen LogP) is 3.07. The first kappa shape index (κ1) is 11.9. The summed E-state index contributed by atoms with van der Waals surface area (Å²) in [7, 11) is 0. The van der Waals surface area contributed by atoms with Gasteiger partial charge < -0.3 is 10.6 Å². The summed E-state index contributed by atoms with van der Waals surface area (Å²) in [6.07, 6.45) is 6.57. The molecule has 3 rings (SSSR count). The molecule has 2 aliphatic rings. The van der Waals surface area contributed by atoms with Gasteiger partial charge in [0.2, 0.25) is 0 Å². The van der Waals surface area contributed by atoms with Crippen molar-refractivity contribution in [3.8, 4) is 0 Å². The number of hydrogen-bond donors (Lipinski definition) is 1. The van der Waals surface area contributed by atoms with Crippen molar-refractivity contribution in [2.45, 2.75) is 43.8 Å². The second kappa shape index (κ2) is 4.52. The van der Waals surface area contributed by atoms with Gasteiger partial charge in [0, 0.05) is 28.8 Å². The van der Waals surface area contributed by atoms with E-state index in [0.29, 0.717) is 18.1 Å². The Bertz CT molecular complexity index is 424. The number of rotatable bonds is 1. The van der Waals surface area contributed by atoms with Gasteiger partial charge in [0.25, 0.3) is 0 Å². The first-order valence-electron chi connectivity index (χ1n) is 6.00. The first-order valence-corrected chi connectivity index (χ1v) is 7.58. The van der Waals surface area contributed by atoms with Crippen molar-refractivity contribution in [3.05, 3.63) is 21.2 Å². The van der Waals surface area contributed by atoms with Crippen LogP contribution in [0, 0.1) is 0 Å². The summed E-state index contributed by atoms with van der Waals surface area (Å²) in [5.41, 5.74) is 6.09.